The van der Waals surface area contributed by atoms with Crippen LogP contribution in [0, 0.1) is 18.8 Å². The Kier molecular flexibility index (Phi) is 3.69. The summed E-state index contributed by atoms with van der Waals surface area (Å²) < 4.78 is 0. The van der Waals surface area contributed by atoms with E-state index in [2.05, 4.69) is 26.2 Å². The zero-order valence-corrected chi connectivity index (χ0v) is 13.3. The van der Waals surface area contributed by atoms with Crippen LogP contribution in [0.3, 0.4) is 0 Å². The highest BCUT2D eigenvalue weighted by atomic mass is 32.1. The van der Waals surface area contributed by atoms with Crippen molar-refractivity contribution in [3.05, 3.63) is 15.6 Å². The van der Waals surface area contributed by atoms with E-state index in [-0.39, 0.29) is 5.54 Å². The van der Waals surface area contributed by atoms with Gasteiger partial charge in [-0.25, -0.2) is 4.98 Å². The minimum atomic E-state index is 0.175. The molecule has 0 spiro atoms. The fraction of sp³-hybridized carbons (Fsp3) is 0.812. The normalized spacial score (nSPS) is 31.6. The number of aromatic nitrogens is 1. The second-order valence-electron chi connectivity index (χ2n) is 6.40. The molecule has 0 radical (unpaired) electrons. The van der Waals surface area contributed by atoms with Crippen LogP contribution in [0.2, 0.25) is 0 Å². The molecule has 1 aromatic heterocycles. The minimum Gasteiger partial charge on any atom is -0.308 e. The fourth-order valence-corrected chi connectivity index (χ4v) is 5.01. The van der Waals surface area contributed by atoms with E-state index < -0.39 is 0 Å². The van der Waals surface area contributed by atoms with Gasteiger partial charge >= 0.3 is 0 Å². The van der Waals surface area contributed by atoms with E-state index in [9.17, 15) is 0 Å². The number of rotatable bonds is 4. The maximum atomic E-state index is 4.97. The molecule has 2 nitrogen and oxygen atoms in total. The largest absolute Gasteiger partial charge is 0.308 e. The molecule has 1 heterocycles. The third-order valence-corrected chi connectivity index (χ3v) is 6.41. The molecular formula is C16H26N2S. The number of hydrogen-bond donors (Lipinski definition) is 1. The van der Waals surface area contributed by atoms with Crippen molar-refractivity contribution in [3.8, 4) is 0 Å². The molecule has 0 saturated heterocycles. The Bertz CT molecular complexity index is 450. The highest BCUT2D eigenvalue weighted by Gasteiger charge is 2.43. The zero-order valence-electron chi connectivity index (χ0n) is 12.5. The van der Waals surface area contributed by atoms with Gasteiger partial charge in [0.15, 0.2) is 0 Å². The van der Waals surface area contributed by atoms with E-state index in [4.69, 9.17) is 4.98 Å². The standard InChI is InChI=1S/C16H26N2S/c1-4-14-11(2)19-15(18-14)16(17-3)9-5-6-13(10-16)12-7-8-12/h12-13,17H,4-10H2,1-3H3. The van der Waals surface area contributed by atoms with Crippen LogP contribution in [-0.4, -0.2) is 12.0 Å². The lowest BCUT2D eigenvalue weighted by atomic mass is 9.74. The molecule has 0 amide bonds. The predicted octanol–water partition coefficient (Wildman–Crippen LogP) is 4.03. The maximum absolute atomic E-state index is 4.97. The molecule has 106 valence electrons. The molecule has 2 atom stereocenters. The van der Waals surface area contributed by atoms with Gasteiger partial charge in [0.25, 0.3) is 0 Å². The summed E-state index contributed by atoms with van der Waals surface area (Å²) in [5.74, 6) is 1.97. The first kappa shape index (κ1) is 13.6. The van der Waals surface area contributed by atoms with Crippen molar-refractivity contribution < 1.29 is 0 Å². The monoisotopic (exact) mass is 278 g/mol. The van der Waals surface area contributed by atoms with Crippen molar-refractivity contribution in [1.82, 2.24) is 10.3 Å². The number of nitrogens with one attached hydrogen (secondary N) is 1. The van der Waals surface area contributed by atoms with Gasteiger partial charge in [-0.1, -0.05) is 19.8 Å². The number of nitrogens with zero attached hydrogens (tertiary/aromatic N) is 1. The third kappa shape index (κ3) is 2.47. The maximum Gasteiger partial charge on any atom is 0.113 e. The summed E-state index contributed by atoms with van der Waals surface area (Å²) in [6.45, 7) is 4.44. The van der Waals surface area contributed by atoms with Gasteiger partial charge < -0.3 is 5.32 Å². The van der Waals surface area contributed by atoms with Crippen molar-refractivity contribution in [2.75, 3.05) is 7.05 Å². The van der Waals surface area contributed by atoms with Crippen molar-refractivity contribution in [3.63, 3.8) is 0 Å². The van der Waals surface area contributed by atoms with E-state index in [1.165, 1.54) is 54.1 Å². The zero-order chi connectivity index (χ0) is 13.5. The molecular weight excluding hydrogens is 252 g/mol. The Morgan fingerprint density at radius 1 is 1.32 bits per heavy atom. The second-order valence-corrected chi connectivity index (χ2v) is 7.60. The van der Waals surface area contributed by atoms with Crippen LogP contribution in [-0.2, 0) is 12.0 Å². The lowest BCUT2D eigenvalue weighted by Gasteiger charge is -2.39. The van der Waals surface area contributed by atoms with Crippen LogP contribution < -0.4 is 5.32 Å². The molecule has 3 heteroatoms. The quantitative estimate of drug-likeness (QED) is 0.899. The number of aryl methyl sites for hydroxylation is 2. The van der Waals surface area contributed by atoms with Gasteiger partial charge in [-0.15, -0.1) is 11.3 Å². The lowest BCUT2D eigenvalue weighted by molar-refractivity contribution is 0.173. The molecule has 0 aliphatic heterocycles. The highest BCUT2D eigenvalue weighted by molar-refractivity contribution is 7.11. The molecule has 19 heavy (non-hydrogen) atoms. The molecule has 2 saturated carbocycles. The van der Waals surface area contributed by atoms with E-state index >= 15 is 0 Å². The van der Waals surface area contributed by atoms with Crippen LogP contribution in [0.15, 0.2) is 0 Å². The van der Waals surface area contributed by atoms with Crippen LogP contribution in [0.5, 0.6) is 0 Å². The number of thiazole rings is 1. The lowest BCUT2D eigenvalue weighted by Crippen LogP contribution is -2.44. The minimum absolute atomic E-state index is 0.175. The second kappa shape index (κ2) is 5.17. The average molecular weight is 278 g/mol. The van der Waals surface area contributed by atoms with Crippen molar-refractivity contribution in [2.45, 2.75) is 64.3 Å². The van der Waals surface area contributed by atoms with Crippen molar-refractivity contribution in [1.29, 1.82) is 0 Å². The van der Waals surface area contributed by atoms with Crippen molar-refractivity contribution >= 4 is 11.3 Å². The molecule has 2 aliphatic rings. The summed E-state index contributed by atoms with van der Waals surface area (Å²) in [7, 11) is 2.14. The first-order chi connectivity index (χ1) is 9.18. The Balaban J connectivity index is 1.87. The first-order valence-electron chi connectivity index (χ1n) is 7.84. The van der Waals surface area contributed by atoms with Gasteiger partial charge in [-0.2, -0.15) is 0 Å². The Morgan fingerprint density at radius 2 is 2.11 bits per heavy atom. The SMILES string of the molecule is CCc1nc(C2(NC)CCCC(C3CC3)C2)sc1C. The van der Waals surface area contributed by atoms with Gasteiger partial charge in [0, 0.05) is 4.88 Å². The summed E-state index contributed by atoms with van der Waals surface area (Å²) in [4.78, 5) is 6.38. The number of hydrogen-bond acceptors (Lipinski definition) is 3. The van der Waals surface area contributed by atoms with Crippen LogP contribution in [0.25, 0.3) is 0 Å². The molecule has 1 N–H and O–H groups in total. The predicted molar refractivity (Wildman–Crippen MR) is 81.6 cm³/mol. The summed E-state index contributed by atoms with van der Waals surface area (Å²) >= 11 is 1.93. The topological polar surface area (TPSA) is 24.9 Å². The molecule has 0 aromatic carbocycles. The van der Waals surface area contributed by atoms with Crippen LogP contribution >= 0.6 is 11.3 Å². The highest BCUT2D eigenvalue weighted by Crippen LogP contribution is 2.50. The van der Waals surface area contributed by atoms with Crippen LogP contribution in [0.1, 0.15) is 61.0 Å². The summed E-state index contributed by atoms with van der Waals surface area (Å²) in [6.07, 6.45) is 9.39. The smallest absolute Gasteiger partial charge is 0.113 e. The van der Waals surface area contributed by atoms with Gasteiger partial charge in [-0.05, 0) is 57.9 Å². The Morgan fingerprint density at radius 3 is 2.68 bits per heavy atom. The van der Waals surface area contributed by atoms with Gasteiger partial charge in [0.05, 0.1) is 11.2 Å². The molecule has 2 aliphatic carbocycles. The first-order valence-corrected chi connectivity index (χ1v) is 8.66. The van der Waals surface area contributed by atoms with Crippen molar-refractivity contribution in [2.24, 2.45) is 11.8 Å². The van der Waals surface area contributed by atoms with Gasteiger partial charge in [0.1, 0.15) is 5.01 Å². The third-order valence-electron chi connectivity index (χ3n) is 5.19. The van der Waals surface area contributed by atoms with E-state index in [0.29, 0.717) is 0 Å². The van der Waals surface area contributed by atoms with E-state index in [1.54, 1.807) is 0 Å². The van der Waals surface area contributed by atoms with Crippen LogP contribution in [0.4, 0.5) is 0 Å². The molecule has 2 fully saturated rings. The summed E-state index contributed by atoms with van der Waals surface area (Å²) in [6, 6.07) is 0. The summed E-state index contributed by atoms with van der Waals surface area (Å²) in [5.41, 5.74) is 1.48. The Hall–Kier alpha value is -0.410. The van der Waals surface area contributed by atoms with E-state index in [1.807, 2.05) is 11.3 Å². The molecule has 3 rings (SSSR count). The van der Waals surface area contributed by atoms with Gasteiger partial charge in [-0.3, -0.25) is 0 Å². The molecule has 2 unspecified atom stereocenters. The van der Waals surface area contributed by atoms with Gasteiger partial charge in [0.2, 0.25) is 0 Å². The van der Waals surface area contributed by atoms with E-state index in [0.717, 1.165) is 18.3 Å². The molecule has 0 bridgehead atoms. The fourth-order valence-electron chi connectivity index (χ4n) is 3.78. The molecule has 1 aromatic rings. The summed E-state index contributed by atoms with van der Waals surface area (Å²) in [5, 5.41) is 5.02. The Labute approximate surface area is 121 Å². The average Bonchev–Trinajstić information content (AvgIpc) is 3.22.